The summed E-state index contributed by atoms with van der Waals surface area (Å²) in [6, 6.07) is 9.54. The Morgan fingerprint density at radius 3 is 2.65 bits per heavy atom. The van der Waals surface area contributed by atoms with Crippen LogP contribution in [0.3, 0.4) is 0 Å². The summed E-state index contributed by atoms with van der Waals surface area (Å²) in [5.74, 6) is 1.27. The van der Waals surface area contributed by atoms with E-state index in [0.717, 1.165) is 5.75 Å². The molecule has 1 aromatic heterocycles. The van der Waals surface area contributed by atoms with Crippen LogP contribution in [0.5, 0.6) is 5.75 Å². The molecule has 0 bridgehead atoms. The number of para-hydroxylation sites is 1. The lowest BCUT2D eigenvalue weighted by Crippen LogP contribution is -2.20. The number of thioether (sulfide) groups is 1. The van der Waals surface area contributed by atoms with Crippen LogP contribution in [0.15, 0.2) is 35.5 Å². The molecule has 1 aromatic carbocycles. The molecule has 1 atom stereocenters. The number of rotatable bonds is 8. The molecule has 0 aliphatic rings. The molecule has 1 heterocycles. The maximum Gasteiger partial charge on any atom is 0.319 e. The van der Waals surface area contributed by atoms with Crippen molar-refractivity contribution in [3.63, 3.8) is 0 Å². The molecule has 0 saturated heterocycles. The van der Waals surface area contributed by atoms with E-state index in [4.69, 9.17) is 9.47 Å². The van der Waals surface area contributed by atoms with Gasteiger partial charge in [-0.15, -0.1) is 10.2 Å². The summed E-state index contributed by atoms with van der Waals surface area (Å²) in [5, 5.41) is 8.69. The molecular formula is C16H21N3O3S. The molecule has 6 nitrogen and oxygen atoms in total. The molecule has 0 N–H and O–H groups in total. The van der Waals surface area contributed by atoms with Crippen LogP contribution in [0, 0.1) is 0 Å². The second-order valence-electron chi connectivity index (χ2n) is 4.83. The Hall–Kier alpha value is -2.02. The van der Waals surface area contributed by atoms with Crippen LogP contribution in [0.4, 0.5) is 0 Å². The largest absolute Gasteiger partial charge is 0.486 e. The van der Waals surface area contributed by atoms with Gasteiger partial charge >= 0.3 is 5.97 Å². The molecule has 0 radical (unpaired) electrons. The molecule has 124 valence electrons. The van der Waals surface area contributed by atoms with E-state index < -0.39 is 0 Å². The van der Waals surface area contributed by atoms with Crippen molar-refractivity contribution in [3.8, 4) is 5.75 Å². The van der Waals surface area contributed by atoms with Crippen LogP contribution in [0.1, 0.15) is 26.1 Å². The number of carbonyl (C=O) groups excluding carboxylic acids is 1. The van der Waals surface area contributed by atoms with E-state index in [-0.39, 0.29) is 11.2 Å². The van der Waals surface area contributed by atoms with Crippen molar-refractivity contribution in [2.45, 2.75) is 37.3 Å². The van der Waals surface area contributed by atoms with Crippen LogP contribution >= 0.6 is 11.8 Å². The fraction of sp³-hybridized carbons (Fsp3) is 0.438. The van der Waals surface area contributed by atoms with E-state index in [2.05, 4.69) is 10.2 Å². The van der Waals surface area contributed by atoms with Gasteiger partial charge in [-0.3, -0.25) is 4.79 Å². The van der Waals surface area contributed by atoms with Crippen molar-refractivity contribution in [2.75, 3.05) is 6.61 Å². The topological polar surface area (TPSA) is 66.2 Å². The minimum atomic E-state index is -0.277. The fourth-order valence-electron chi connectivity index (χ4n) is 1.90. The summed E-state index contributed by atoms with van der Waals surface area (Å²) < 4.78 is 12.6. The normalized spacial score (nSPS) is 12.0. The molecule has 2 rings (SSSR count). The molecular weight excluding hydrogens is 314 g/mol. The van der Waals surface area contributed by atoms with E-state index >= 15 is 0 Å². The zero-order chi connectivity index (χ0) is 16.7. The maximum absolute atomic E-state index is 11.9. The highest BCUT2D eigenvalue weighted by molar-refractivity contribution is 8.00. The standard InChI is InChI=1S/C16H21N3O3S/c1-4-13(15(20)21-5-2)23-16-18-17-14(19(16)3)11-22-12-9-7-6-8-10-12/h6-10,13H,4-5,11H2,1-3H3/t13-/m0/s1. The number of aromatic nitrogens is 3. The number of nitrogens with zero attached hydrogens (tertiary/aromatic N) is 3. The zero-order valence-electron chi connectivity index (χ0n) is 13.6. The van der Waals surface area contributed by atoms with Gasteiger partial charge in [-0.05, 0) is 25.5 Å². The average molecular weight is 335 g/mol. The Morgan fingerprint density at radius 1 is 1.26 bits per heavy atom. The quantitative estimate of drug-likeness (QED) is 0.546. The van der Waals surface area contributed by atoms with Crippen LogP contribution in [0.2, 0.25) is 0 Å². The molecule has 0 spiro atoms. The van der Waals surface area contributed by atoms with Gasteiger partial charge in [0.1, 0.15) is 17.6 Å². The number of hydrogen-bond donors (Lipinski definition) is 0. The summed E-state index contributed by atoms with van der Waals surface area (Å²) in [5.41, 5.74) is 0. The van der Waals surface area contributed by atoms with Crippen molar-refractivity contribution in [1.82, 2.24) is 14.8 Å². The fourth-order valence-corrected chi connectivity index (χ4v) is 2.84. The van der Waals surface area contributed by atoms with Gasteiger partial charge in [0, 0.05) is 7.05 Å². The highest BCUT2D eigenvalue weighted by atomic mass is 32.2. The molecule has 0 aliphatic carbocycles. The molecule has 0 amide bonds. The van der Waals surface area contributed by atoms with Gasteiger partial charge in [-0.25, -0.2) is 0 Å². The van der Waals surface area contributed by atoms with Crippen LogP contribution in [-0.2, 0) is 23.2 Å². The molecule has 23 heavy (non-hydrogen) atoms. The minimum absolute atomic E-state index is 0.218. The van der Waals surface area contributed by atoms with Crippen molar-refractivity contribution >= 4 is 17.7 Å². The van der Waals surface area contributed by atoms with Crippen LogP contribution < -0.4 is 4.74 Å². The molecule has 0 unspecified atom stereocenters. The summed E-state index contributed by atoms with van der Waals surface area (Å²) in [7, 11) is 1.86. The third-order valence-corrected chi connectivity index (χ3v) is 4.58. The van der Waals surface area contributed by atoms with Crippen LogP contribution in [-0.4, -0.2) is 32.6 Å². The molecule has 0 saturated carbocycles. The number of benzene rings is 1. The van der Waals surface area contributed by atoms with E-state index in [9.17, 15) is 4.79 Å². The number of hydrogen-bond acceptors (Lipinski definition) is 6. The van der Waals surface area contributed by atoms with Gasteiger partial charge in [0.05, 0.1) is 6.61 Å². The molecule has 7 heteroatoms. The molecule has 0 fully saturated rings. The van der Waals surface area contributed by atoms with E-state index in [1.165, 1.54) is 11.8 Å². The van der Waals surface area contributed by atoms with Gasteiger partial charge in [-0.2, -0.15) is 0 Å². The third-order valence-electron chi connectivity index (χ3n) is 3.20. The second kappa shape index (κ2) is 8.57. The Bertz CT molecular complexity index is 631. The third kappa shape index (κ3) is 4.72. The van der Waals surface area contributed by atoms with Crippen molar-refractivity contribution in [1.29, 1.82) is 0 Å². The molecule has 2 aromatic rings. The van der Waals surface area contributed by atoms with Gasteiger partial charge in [-0.1, -0.05) is 36.9 Å². The number of esters is 1. The minimum Gasteiger partial charge on any atom is -0.486 e. The zero-order valence-corrected chi connectivity index (χ0v) is 14.4. The first-order valence-electron chi connectivity index (χ1n) is 7.55. The average Bonchev–Trinajstić information content (AvgIpc) is 2.92. The highest BCUT2D eigenvalue weighted by Gasteiger charge is 2.22. The van der Waals surface area contributed by atoms with Crippen molar-refractivity contribution in [2.24, 2.45) is 7.05 Å². The van der Waals surface area contributed by atoms with Gasteiger partial charge in [0.25, 0.3) is 0 Å². The maximum atomic E-state index is 11.9. The Labute approximate surface area is 140 Å². The van der Waals surface area contributed by atoms with Gasteiger partial charge < -0.3 is 14.0 Å². The van der Waals surface area contributed by atoms with E-state index in [1.807, 2.05) is 48.9 Å². The lowest BCUT2D eigenvalue weighted by Gasteiger charge is -2.12. The van der Waals surface area contributed by atoms with E-state index in [1.54, 1.807) is 6.92 Å². The summed E-state index contributed by atoms with van der Waals surface area (Å²) >= 11 is 1.37. The SMILES string of the molecule is CCOC(=O)[C@H](CC)Sc1nnc(COc2ccccc2)n1C. The second-order valence-corrected chi connectivity index (χ2v) is 6.00. The number of ether oxygens (including phenoxy) is 2. The van der Waals surface area contributed by atoms with E-state index in [0.29, 0.717) is 30.6 Å². The predicted molar refractivity (Wildman–Crippen MR) is 88.3 cm³/mol. The Morgan fingerprint density at radius 2 is 2.00 bits per heavy atom. The number of carbonyl (C=O) groups is 1. The lowest BCUT2D eigenvalue weighted by atomic mass is 10.3. The summed E-state index contributed by atoms with van der Waals surface area (Å²) in [6.45, 7) is 4.45. The predicted octanol–water partition coefficient (Wildman–Crippen LogP) is 2.83. The monoisotopic (exact) mass is 335 g/mol. The van der Waals surface area contributed by atoms with Gasteiger partial charge in [0.15, 0.2) is 11.0 Å². The Kier molecular flexibility index (Phi) is 6.46. The van der Waals surface area contributed by atoms with Crippen LogP contribution in [0.25, 0.3) is 0 Å². The first-order chi connectivity index (χ1) is 11.2. The highest BCUT2D eigenvalue weighted by Crippen LogP contribution is 2.25. The summed E-state index contributed by atoms with van der Waals surface area (Å²) in [6.07, 6.45) is 0.673. The Balaban J connectivity index is 1.99. The van der Waals surface area contributed by atoms with Crippen molar-refractivity contribution in [3.05, 3.63) is 36.2 Å². The smallest absolute Gasteiger partial charge is 0.319 e. The summed E-state index contributed by atoms with van der Waals surface area (Å²) in [4.78, 5) is 11.9. The van der Waals surface area contributed by atoms with Gasteiger partial charge in [0.2, 0.25) is 0 Å². The first-order valence-corrected chi connectivity index (χ1v) is 8.43. The molecule has 0 aliphatic heterocycles. The first kappa shape index (κ1) is 17.3. The van der Waals surface area contributed by atoms with Crippen molar-refractivity contribution < 1.29 is 14.3 Å². The lowest BCUT2D eigenvalue weighted by molar-refractivity contribution is -0.142.